The third kappa shape index (κ3) is 1.43. The Morgan fingerprint density at radius 3 is 2.86 bits per heavy atom. The number of hydrogen-bond donors (Lipinski definition) is 1. The van der Waals surface area contributed by atoms with E-state index in [-0.39, 0.29) is 11.9 Å². The molecule has 1 aliphatic rings. The van der Waals surface area contributed by atoms with Gasteiger partial charge in [0.1, 0.15) is 0 Å². The van der Waals surface area contributed by atoms with Crippen molar-refractivity contribution < 1.29 is 14.6 Å². The van der Waals surface area contributed by atoms with Crippen molar-refractivity contribution in [2.45, 2.75) is 25.8 Å². The van der Waals surface area contributed by atoms with Crippen LogP contribution >= 0.6 is 0 Å². The molecule has 1 saturated carbocycles. The average Bonchev–Trinajstić information content (AvgIpc) is 2.88. The topological polar surface area (TPSA) is 77.2 Å². The van der Waals surface area contributed by atoms with Gasteiger partial charge in [-0.05, 0) is 19.8 Å². The van der Waals surface area contributed by atoms with Crippen LogP contribution in [-0.4, -0.2) is 32.4 Å². The molecule has 0 atom stereocenters. The van der Waals surface area contributed by atoms with E-state index in [1.807, 2.05) is 6.92 Å². The van der Waals surface area contributed by atoms with Crippen LogP contribution in [0.15, 0.2) is 0 Å². The van der Waals surface area contributed by atoms with Gasteiger partial charge in [0, 0.05) is 6.04 Å². The molecule has 1 aromatic heterocycles. The van der Waals surface area contributed by atoms with Gasteiger partial charge in [-0.3, -0.25) is 4.57 Å². The van der Waals surface area contributed by atoms with Gasteiger partial charge >= 0.3 is 12.0 Å². The normalized spacial score (nSPS) is 15.5. The lowest BCUT2D eigenvalue weighted by atomic mass is 10.5. The Morgan fingerprint density at radius 1 is 1.64 bits per heavy atom. The molecule has 0 unspecified atom stereocenters. The second-order valence-electron chi connectivity index (χ2n) is 3.15. The zero-order valence-electron chi connectivity index (χ0n) is 7.80. The molecule has 1 aliphatic carbocycles. The fourth-order valence-electron chi connectivity index (χ4n) is 1.31. The molecule has 1 N–H and O–H groups in total. The molecule has 1 heterocycles. The predicted molar refractivity (Wildman–Crippen MR) is 46.4 cm³/mol. The van der Waals surface area contributed by atoms with Gasteiger partial charge < -0.3 is 9.84 Å². The number of ether oxygens (including phenoxy) is 1. The molecule has 0 amide bonds. The lowest BCUT2D eigenvalue weighted by Crippen LogP contribution is -2.10. The first-order valence-corrected chi connectivity index (χ1v) is 4.55. The van der Waals surface area contributed by atoms with Crippen molar-refractivity contribution in [2.24, 2.45) is 0 Å². The van der Waals surface area contributed by atoms with Crippen molar-refractivity contribution in [3.8, 4) is 6.01 Å². The molecule has 0 saturated heterocycles. The second-order valence-corrected chi connectivity index (χ2v) is 3.15. The van der Waals surface area contributed by atoms with Gasteiger partial charge in [-0.2, -0.15) is 0 Å². The van der Waals surface area contributed by atoms with E-state index in [1.54, 1.807) is 4.57 Å². The molecule has 0 bridgehead atoms. The summed E-state index contributed by atoms with van der Waals surface area (Å²) in [5.74, 6) is -1.09. The maximum absolute atomic E-state index is 10.8. The van der Waals surface area contributed by atoms with E-state index in [1.165, 1.54) is 0 Å². The van der Waals surface area contributed by atoms with E-state index in [2.05, 4.69) is 10.2 Å². The summed E-state index contributed by atoms with van der Waals surface area (Å²) in [6.45, 7) is 2.29. The summed E-state index contributed by atoms with van der Waals surface area (Å²) < 4.78 is 6.76. The molecular formula is C8H11N3O3. The monoisotopic (exact) mass is 197 g/mol. The summed E-state index contributed by atoms with van der Waals surface area (Å²) in [5.41, 5.74) is 0. The molecule has 14 heavy (non-hydrogen) atoms. The summed E-state index contributed by atoms with van der Waals surface area (Å²) in [6.07, 6.45) is 1.94. The molecule has 76 valence electrons. The molecule has 1 fully saturated rings. The SMILES string of the molecule is CCOc1nnc(C(=O)O)n1C1CC1. The Bertz CT molecular complexity index is 357. The summed E-state index contributed by atoms with van der Waals surface area (Å²) in [4.78, 5) is 10.8. The number of hydrogen-bond acceptors (Lipinski definition) is 4. The molecule has 1 aromatic rings. The van der Waals surface area contributed by atoms with Crippen molar-refractivity contribution in [1.29, 1.82) is 0 Å². The highest BCUT2D eigenvalue weighted by Gasteiger charge is 2.32. The highest BCUT2D eigenvalue weighted by molar-refractivity contribution is 5.83. The number of aromatic nitrogens is 3. The first-order valence-electron chi connectivity index (χ1n) is 4.55. The van der Waals surface area contributed by atoms with Crippen molar-refractivity contribution in [2.75, 3.05) is 6.61 Å². The van der Waals surface area contributed by atoms with Crippen LogP contribution in [0.4, 0.5) is 0 Å². The zero-order valence-corrected chi connectivity index (χ0v) is 7.80. The lowest BCUT2D eigenvalue weighted by Gasteiger charge is -2.05. The van der Waals surface area contributed by atoms with Crippen molar-refractivity contribution in [3.05, 3.63) is 5.82 Å². The third-order valence-electron chi connectivity index (χ3n) is 2.04. The largest absolute Gasteiger partial charge is 0.475 e. The molecule has 6 heteroatoms. The molecular weight excluding hydrogens is 186 g/mol. The van der Waals surface area contributed by atoms with E-state index in [9.17, 15) is 4.79 Å². The van der Waals surface area contributed by atoms with Crippen LogP contribution in [0.3, 0.4) is 0 Å². The minimum absolute atomic E-state index is 0.0315. The van der Waals surface area contributed by atoms with Gasteiger partial charge in [-0.25, -0.2) is 4.79 Å². The van der Waals surface area contributed by atoms with Gasteiger partial charge in [0.25, 0.3) is 0 Å². The fraction of sp³-hybridized carbons (Fsp3) is 0.625. The van der Waals surface area contributed by atoms with Crippen LogP contribution in [0, 0.1) is 0 Å². The second kappa shape index (κ2) is 3.28. The number of carboxylic acids is 1. The summed E-state index contributed by atoms with van der Waals surface area (Å²) in [7, 11) is 0. The Labute approximate surface area is 80.5 Å². The highest BCUT2D eigenvalue weighted by Crippen LogP contribution is 2.38. The molecule has 0 spiro atoms. The molecule has 6 nitrogen and oxygen atoms in total. The van der Waals surface area contributed by atoms with Crippen LogP contribution in [0.1, 0.15) is 36.4 Å². The predicted octanol–water partition coefficient (Wildman–Crippen LogP) is 0.710. The van der Waals surface area contributed by atoms with Crippen LogP contribution in [-0.2, 0) is 0 Å². The first kappa shape index (κ1) is 8.98. The van der Waals surface area contributed by atoms with Crippen LogP contribution in [0.25, 0.3) is 0 Å². The summed E-state index contributed by atoms with van der Waals surface area (Å²) >= 11 is 0. The summed E-state index contributed by atoms with van der Waals surface area (Å²) in [5, 5.41) is 16.1. The quantitative estimate of drug-likeness (QED) is 0.769. The van der Waals surface area contributed by atoms with Gasteiger partial charge in [0.2, 0.25) is 5.82 Å². The Morgan fingerprint density at radius 2 is 2.36 bits per heavy atom. The van der Waals surface area contributed by atoms with Gasteiger partial charge in [0.05, 0.1) is 6.61 Å². The van der Waals surface area contributed by atoms with Crippen LogP contribution < -0.4 is 4.74 Å². The van der Waals surface area contributed by atoms with E-state index < -0.39 is 5.97 Å². The average molecular weight is 197 g/mol. The van der Waals surface area contributed by atoms with Crippen LogP contribution in [0.2, 0.25) is 0 Å². The molecule has 0 aliphatic heterocycles. The minimum atomic E-state index is -1.06. The van der Waals surface area contributed by atoms with Gasteiger partial charge in [0.15, 0.2) is 0 Å². The smallest absolute Gasteiger partial charge is 0.374 e. The van der Waals surface area contributed by atoms with Gasteiger partial charge in [-0.1, -0.05) is 5.10 Å². The fourth-order valence-corrected chi connectivity index (χ4v) is 1.31. The third-order valence-corrected chi connectivity index (χ3v) is 2.04. The van der Waals surface area contributed by atoms with Crippen LogP contribution in [0.5, 0.6) is 6.01 Å². The molecule has 2 rings (SSSR count). The summed E-state index contributed by atoms with van der Waals surface area (Å²) in [6, 6.07) is 0.519. The standard InChI is InChI=1S/C8H11N3O3/c1-2-14-8-10-9-6(7(12)13)11(8)5-3-4-5/h5H,2-4H2,1H3,(H,12,13). The van der Waals surface area contributed by atoms with Crippen molar-refractivity contribution in [1.82, 2.24) is 14.8 Å². The Hall–Kier alpha value is -1.59. The number of carboxylic acid groups (broad SMARTS) is 1. The Balaban J connectivity index is 2.36. The van der Waals surface area contributed by atoms with E-state index >= 15 is 0 Å². The van der Waals surface area contributed by atoms with Crippen molar-refractivity contribution in [3.63, 3.8) is 0 Å². The maximum atomic E-state index is 10.8. The lowest BCUT2D eigenvalue weighted by molar-refractivity contribution is 0.0676. The molecule has 0 aromatic carbocycles. The number of nitrogens with zero attached hydrogens (tertiary/aromatic N) is 3. The van der Waals surface area contributed by atoms with E-state index in [4.69, 9.17) is 9.84 Å². The van der Waals surface area contributed by atoms with E-state index in [0.717, 1.165) is 12.8 Å². The van der Waals surface area contributed by atoms with Crippen molar-refractivity contribution >= 4 is 5.97 Å². The van der Waals surface area contributed by atoms with E-state index in [0.29, 0.717) is 12.6 Å². The number of carbonyl (C=O) groups is 1. The number of rotatable bonds is 4. The minimum Gasteiger partial charge on any atom is -0.475 e. The number of aromatic carboxylic acids is 1. The zero-order chi connectivity index (χ0) is 10.1. The molecule has 0 radical (unpaired) electrons. The Kier molecular flexibility index (Phi) is 2.11. The van der Waals surface area contributed by atoms with Gasteiger partial charge in [-0.15, -0.1) is 5.10 Å². The highest BCUT2D eigenvalue weighted by atomic mass is 16.5. The maximum Gasteiger partial charge on any atom is 0.374 e. The first-order chi connectivity index (χ1) is 6.74.